The van der Waals surface area contributed by atoms with Crippen molar-refractivity contribution in [1.82, 2.24) is 10.4 Å². The highest BCUT2D eigenvalue weighted by atomic mass is 16.2. The molecular formula is C22H38N4O2. The van der Waals surface area contributed by atoms with Gasteiger partial charge in [0.15, 0.2) is 0 Å². The van der Waals surface area contributed by atoms with Crippen LogP contribution in [0.2, 0.25) is 0 Å². The Labute approximate surface area is 170 Å². The average Bonchev–Trinajstić information content (AvgIpc) is 2.72. The number of benzene rings is 1. The van der Waals surface area contributed by atoms with E-state index in [0.29, 0.717) is 6.54 Å². The highest BCUT2D eigenvalue weighted by molar-refractivity contribution is 5.83. The lowest BCUT2D eigenvalue weighted by Gasteiger charge is -2.16. The van der Waals surface area contributed by atoms with E-state index in [4.69, 9.17) is 11.7 Å². The van der Waals surface area contributed by atoms with E-state index in [1.54, 1.807) is 0 Å². The van der Waals surface area contributed by atoms with Crippen molar-refractivity contribution in [1.29, 1.82) is 0 Å². The number of nitrogens with zero attached hydrogens (tertiary/aromatic N) is 1. The number of nitrogens with two attached hydrogens (primary N) is 2. The van der Waals surface area contributed by atoms with Crippen molar-refractivity contribution in [3.63, 3.8) is 0 Å². The molecule has 0 fully saturated rings. The number of carbonyl (C=O) groups is 2. The summed E-state index contributed by atoms with van der Waals surface area (Å²) >= 11 is 0. The lowest BCUT2D eigenvalue weighted by atomic mass is 10.0. The van der Waals surface area contributed by atoms with Crippen molar-refractivity contribution < 1.29 is 9.59 Å². The van der Waals surface area contributed by atoms with Crippen LogP contribution in [0.25, 0.3) is 0 Å². The van der Waals surface area contributed by atoms with Gasteiger partial charge >= 0.3 is 0 Å². The molecule has 0 aliphatic heterocycles. The fraction of sp³-hybridized carbons (Fsp3) is 0.636. The van der Waals surface area contributed by atoms with Gasteiger partial charge in [0, 0.05) is 19.4 Å². The predicted octanol–water partition coefficient (Wildman–Crippen LogP) is 3.60. The third kappa shape index (κ3) is 12.5. The van der Waals surface area contributed by atoms with E-state index in [-0.39, 0.29) is 24.7 Å². The number of amides is 2. The van der Waals surface area contributed by atoms with Crippen molar-refractivity contribution >= 4 is 11.8 Å². The Morgan fingerprint density at radius 2 is 1.32 bits per heavy atom. The van der Waals surface area contributed by atoms with Crippen molar-refractivity contribution in [3.05, 3.63) is 35.9 Å². The van der Waals surface area contributed by atoms with E-state index in [1.807, 2.05) is 5.43 Å². The molecule has 0 heterocycles. The number of carbonyl (C=O) groups excluding carboxylic acids is 2. The average molecular weight is 391 g/mol. The number of hydrogen-bond acceptors (Lipinski definition) is 4. The molecule has 0 unspecified atom stereocenters. The minimum absolute atomic E-state index is 0.0787. The number of unbranched alkanes of at least 4 members (excludes halogenated alkanes) is 9. The molecule has 0 aliphatic rings. The zero-order valence-electron chi connectivity index (χ0n) is 17.2. The van der Waals surface area contributed by atoms with Crippen LogP contribution in [0.1, 0.15) is 82.6 Å². The van der Waals surface area contributed by atoms with Crippen molar-refractivity contribution in [3.8, 4) is 0 Å². The maximum absolute atomic E-state index is 11.7. The Balaban J connectivity index is 1.84. The molecule has 28 heavy (non-hydrogen) atoms. The smallest absolute Gasteiger partial charge is 0.236 e. The number of aryl methyl sites for hydroxylation is 1. The molecular weight excluding hydrogens is 352 g/mol. The first kappa shape index (κ1) is 24.1. The Bertz CT molecular complexity index is 537. The first-order valence-electron chi connectivity index (χ1n) is 10.7. The Morgan fingerprint density at radius 3 is 1.89 bits per heavy atom. The first-order chi connectivity index (χ1) is 13.6. The molecule has 6 nitrogen and oxygen atoms in total. The molecule has 0 aliphatic carbocycles. The third-order valence-corrected chi connectivity index (χ3v) is 5.00. The SMILES string of the molecule is NNC(=O)CCC(=O)N(N)CCCCCCCCCCCCc1ccccc1. The minimum Gasteiger partial charge on any atom is -0.294 e. The summed E-state index contributed by atoms with van der Waals surface area (Å²) in [4.78, 5) is 22.7. The van der Waals surface area contributed by atoms with Gasteiger partial charge in [-0.15, -0.1) is 0 Å². The summed E-state index contributed by atoms with van der Waals surface area (Å²) in [5.41, 5.74) is 3.45. The summed E-state index contributed by atoms with van der Waals surface area (Å²) < 4.78 is 0. The van der Waals surface area contributed by atoms with Crippen LogP contribution in [0.3, 0.4) is 0 Å². The van der Waals surface area contributed by atoms with Crippen LogP contribution in [-0.4, -0.2) is 23.4 Å². The van der Waals surface area contributed by atoms with E-state index in [9.17, 15) is 9.59 Å². The number of nitrogens with one attached hydrogen (secondary N) is 1. The minimum atomic E-state index is -0.349. The van der Waals surface area contributed by atoms with Crippen LogP contribution in [0, 0.1) is 0 Å². The quantitative estimate of drug-likeness (QED) is 0.174. The van der Waals surface area contributed by atoms with Crippen molar-refractivity contribution in [2.24, 2.45) is 11.7 Å². The van der Waals surface area contributed by atoms with Crippen LogP contribution < -0.4 is 17.1 Å². The molecule has 0 atom stereocenters. The second-order valence-corrected chi connectivity index (χ2v) is 7.43. The lowest BCUT2D eigenvalue weighted by molar-refractivity contribution is -0.134. The van der Waals surface area contributed by atoms with Gasteiger partial charge in [0.25, 0.3) is 0 Å². The van der Waals surface area contributed by atoms with Gasteiger partial charge in [0.1, 0.15) is 0 Å². The van der Waals surface area contributed by atoms with Gasteiger partial charge < -0.3 is 0 Å². The Kier molecular flexibility index (Phi) is 13.8. The number of hydrazine groups is 2. The van der Waals surface area contributed by atoms with E-state index in [0.717, 1.165) is 12.8 Å². The third-order valence-electron chi connectivity index (χ3n) is 5.00. The largest absolute Gasteiger partial charge is 0.294 e. The van der Waals surface area contributed by atoms with Crippen LogP contribution >= 0.6 is 0 Å². The standard InChI is InChI=1S/C22H38N4O2/c23-25-21(27)17-18-22(28)26(24)19-13-8-6-4-2-1-3-5-7-10-14-20-15-11-9-12-16-20/h9,11-12,15-16H,1-8,10,13-14,17-19,23-24H2,(H,25,27). The lowest BCUT2D eigenvalue weighted by Crippen LogP contribution is -2.39. The molecule has 0 bridgehead atoms. The Morgan fingerprint density at radius 1 is 0.786 bits per heavy atom. The van der Waals surface area contributed by atoms with Gasteiger partial charge in [0.05, 0.1) is 0 Å². The maximum atomic E-state index is 11.7. The zero-order chi connectivity index (χ0) is 20.5. The molecule has 0 saturated heterocycles. The van der Waals surface area contributed by atoms with Gasteiger partial charge in [-0.05, 0) is 24.8 Å². The molecule has 1 aromatic rings. The monoisotopic (exact) mass is 390 g/mol. The summed E-state index contributed by atoms with van der Waals surface area (Å²) in [6.45, 7) is 0.546. The van der Waals surface area contributed by atoms with Crippen molar-refractivity contribution in [2.45, 2.75) is 83.5 Å². The second-order valence-electron chi connectivity index (χ2n) is 7.43. The number of rotatable bonds is 16. The van der Waals surface area contributed by atoms with Gasteiger partial charge in [-0.3, -0.25) is 20.0 Å². The second kappa shape index (κ2) is 16.1. The molecule has 0 spiro atoms. The van der Waals surface area contributed by atoms with Crippen LogP contribution in [-0.2, 0) is 16.0 Å². The summed E-state index contributed by atoms with van der Waals surface area (Å²) in [7, 11) is 0. The molecule has 0 radical (unpaired) electrons. The summed E-state index contributed by atoms with van der Waals surface area (Å²) in [5, 5.41) is 1.22. The fourth-order valence-electron chi connectivity index (χ4n) is 3.23. The van der Waals surface area contributed by atoms with Gasteiger partial charge in [0.2, 0.25) is 11.8 Å². The van der Waals surface area contributed by atoms with E-state index in [2.05, 4.69) is 30.3 Å². The van der Waals surface area contributed by atoms with E-state index >= 15 is 0 Å². The topological polar surface area (TPSA) is 101 Å². The summed E-state index contributed by atoms with van der Waals surface area (Å²) in [5.74, 6) is 10.1. The van der Waals surface area contributed by atoms with Crippen LogP contribution in [0.4, 0.5) is 0 Å². The molecule has 1 aromatic carbocycles. The van der Waals surface area contributed by atoms with E-state index < -0.39 is 0 Å². The highest BCUT2D eigenvalue weighted by Gasteiger charge is 2.10. The normalized spacial score (nSPS) is 10.6. The predicted molar refractivity (Wildman–Crippen MR) is 114 cm³/mol. The van der Waals surface area contributed by atoms with Gasteiger partial charge in [-0.2, -0.15) is 0 Å². The fourth-order valence-corrected chi connectivity index (χ4v) is 3.23. The molecule has 2 amide bonds. The Hall–Kier alpha value is -1.92. The first-order valence-corrected chi connectivity index (χ1v) is 10.7. The molecule has 0 aromatic heterocycles. The van der Waals surface area contributed by atoms with Crippen LogP contribution in [0.5, 0.6) is 0 Å². The van der Waals surface area contributed by atoms with Crippen LogP contribution in [0.15, 0.2) is 30.3 Å². The van der Waals surface area contributed by atoms with Gasteiger partial charge in [-0.25, -0.2) is 11.7 Å². The summed E-state index contributed by atoms with van der Waals surface area (Å²) in [6.07, 6.45) is 13.7. The zero-order valence-corrected chi connectivity index (χ0v) is 17.2. The summed E-state index contributed by atoms with van der Waals surface area (Å²) in [6, 6.07) is 10.7. The molecule has 1 rings (SSSR count). The number of hydrogen-bond donors (Lipinski definition) is 3. The van der Waals surface area contributed by atoms with Gasteiger partial charge in [-0.1, -0.05) is 81.7 Å². The maximum Gasteiger partial charge on any atom is 0.236 e. The molecule has 6 heteroatoms. The highest BCUT2D eigenvalue weighted by Crippen LogP contribution is 2.12. The molecule has 158 valence electrons. The molecule has 5 N–H and O–H groups in total. The van der Waals surface area contributed by atoms with Crippen molar-refractivity contribution in [2.75, 3.05) is 6.54 Å². The van der Waals surface area contributed by atoms with E-state index in [1.165, 1.54) is 68.4 Å². The molecule has 0 saturated carbocycles.